The van der Waals surface area contributed by atoms with Gasteiger partial charge in [-0.2, -0.15) is 13.2 Å². The molecule has 8 heteroatoms. The Kier molecular flexibility index (Phi) is 5.28. The summed E-state index contributed by atoms with van der Waals surface area (Å²) in [6.45, 7) is 5.38. The highest BCUT2D eigenvalue weighted by Gasteiger charge is 2.32. The molecule has 2 aromatic rings. The van der Waals surface area contributed by atoms with Crippen molar-refractivity contribution in [2.45, 2.75) is 38.9 Å². The highest BCUT2D eigenvalue weighted by Crippen LogP contribution is 2.38. The van der Waals surface area contributed by atoms with E-state index in [0.29, 0.717) is 17.1 Å². The van der Waals surface area contributed by atoms with Gasteiger partial charge < -0.3 is 15.3 Å². The second kappa shape index (κ2) is 7.34. The molecule has 5 nitrogen and oxygen atoms in total. The molecule has 1 fully saturated rings. The summed E-state index contributed by atoms with van der Waals surface area (Å²) >= 11 is 0. The van der Waals surface area contributed by atoms with Crippen molar-refractivity contribution in [1.29, 1.82) is 0 Å². The molecule has 1 aromatic heterocycles. The van der Waals surface area contributed by atoms with Gasteiger partial charge in [0.15, 0.2) is 5.82 Å². The van der Waals surface area contributed by atoms with Crippen molar-refractivity contribution < 1.29 is 18.3 Å². The molecule has 3 rings (SSSR count). The van der Waals surface area contributed by atoms with Gasteiger partial charge in [-0.3, -0.25) is 0 Å². The third-order valence-electron chi connectivity index (χ3n) is 4.85. The number of aryl methyl sites for hydroxylation is 2. The molecule has 0 saturated carbocycles. The van der Waals surface area contributed by atoms with Gasteiger partial charge >= 0.3 is 6.18 Å². The molecule has 27 heavy (non-hydrogen) atoms. The van der Waals surface area contributed by atoms with Crippen molar-refractivity contribution >= 4 is 5.82 Å². The number of hydrogen-bond donors (Lipinski definition) is 2. The topological polar surface area (TPSA) is 61.3 Å². The number of nitrogens with one attached hydrogen (secondary N) is 1. The van der Waals surface area contributed by atoms with Crippen LogP contribution in [-0.2, 0) is 6.18 Å². The van der Waals surface area contributed by atoms with Gasteiger partial charge in [-0.25, -0.2) is 0 Å². The summed E-state index contributed by atoms with van der Waals surface area (Å²) in [7, 11) is 2.08. The van der Waals surface area contributed by atoms with Crippen LogP contribution < -0.4 is 5.32 Å². The van der Waals surface area contributed by atoms with E-state index in [2.05, 4.69) is 27.5 Å². The van der Waals surface area contributed by atoms with Crippen LogP contribution in [0.5, 0.6) is 5.75 Å². The maximum Gasteiger partial charge on any atom is 0.416 e. The fraction of sp³-hybridized carbons (Fsp3) is 0.474. The first-order valence-electron chi connectivity index (χ1n) is 8.85. The summed E-state index contributed by atoms with van der Waals surface area (Å²) in [6.07, 6.45) is -2.35. The van der Waals surface area contributed by atoms with Crippen LogP contribution in [-0.4, -0.2) is 46.4 Å². The van der Waals surface area contributed by atoms with Crippen molar-refractivity contribution in [3.63, 3.8) is 0 Å². The molecule has 0 bridgehead atoms. The normalized spacial score (nSPS) is 18.5. The van der Waals surface area contributed by atoms with E-state index in [-0.39, 0.29) is 11.6 Å². The monoisotopic (exact) mass is 380 g/mol. The summed E-state index contributed by atoms with van der Waals surface area (Å²) < 4.78 is 38.7. The number of hydrogen-bond acceptors (Lipinski definition) is 5. The van der Waals surface area contributed by atoms with Gasteiger partial charge in [0.25, 0.3) is 0 Å². The van der Waals surface area contributed by atoms with E-state index in [1.165, 1.54) is 6.92 Å². The minimum absolute atomic E-state index is 0.266. The van der Waals surface area contributed by atoms with Crippen LogP contribution in [0.25, 0.3) is 11.3 Å². The number of rotatable bonds is 3. The minimum atomic E-state index is -4.51. The first-order chi connectivity index (χ1) is 12.6. The molecule has 1 aliphatic heterocycles. The second-order valence-electron chi connectivity index (χ2n) is 7.19. The molecule has 1 aliphatic rings. The van der Waals surface area contributed by atoms with Crippen molar-refractivity contribution in [2.75, 3.05) is 25.5 Å². The Balaban J connectivity index is 1.87. The molecular formula is C19H23F3N4O. The third-order valence-corrected chi connectivity index (χ3v) is 4.85. The van der Waals surface area contributed by atoms with E-state index >= 15 is 0 Å². The maximum absolute atomic E-state index is 12.9. The zero-order chi connectivity index (χ0) is 19.8. The number of piperidine rings is 1. The molecule has 0 unspecified atom stereocenters. The molecule has 0 amide bonds. The van der Waals surface area contributed by atoms with Crippen molar-refractivity contribution in [3.05, 3.63) is 34.9 Å². The molecule has 146 valence electrons. The molecule has 0 radical (unpaired) electrons. The van der Waals surface area contributed by atoms with Gasteiger partial charge in [-0.1, -0.05) is 0 Å². The second-order valence-corrected chi connectivity index (χ2v) is 7.19. The van der Waals surface area contributed by atoms with E-state index < -0.39 is 17.5 Å². The molecule has 2 N–H and O–H groups in total. The fourth-order valence-electron chi connectivity index (χ4n) is 3.49. The number of likely N-dealkylation sites (N-methyl/N-ethyl adjacent to an activating group) is 1. The lowest BCUT2D eigenvalue weighted by Gasteiger charge is -2.30. The molecule has 1 aromatic carbocycles. The highest BCUT2D eigenvalue weighted by molar-refractivity contribution is 5.72. The molecular weight excluding hydrogens is 357 g/mol. The number of anilines is 1. The minimum Gasteiger partial charge on any atom is -0.507 e. The number of halogens is 3. The van der Waals surface area contributed by atoms with Crippen LogP contribution in [0, 0.1) is 13.8 Å². The predicted molar refractivity (Wildman–Crippen MR) is 97.8 cm³/mol. The molecule has 0 aliphatic carbocycles. The molecule has 1 saturated heterocycles. The van der Waals surface area contributed by atoms with Crippen LogP contribution >= 0.6 is 0 Å². The standard InChI is InChI=1S/C19H23F3N4O/c1-11-7-13(19(20,21)22)9-16(27)17(11)15-8-12(2)18(25-24-15)23-14-5-4-6-26(3)10-14/h7-9,14,27H,4-6,10H2,1-3H3,(H,23,25)/t14-/m1/s1. The fourth-order valence-corrected chi connectivity index (χ4v) is 3.49. The Labute approximate surface area is 156 Å². The van der Waals surface area contributed by atoms with E-state index in [0.717, 1.165) is 43.6 Å². The van der Waals surface area contributed by atoms with Crippen molar-refractivity contribution in [2.24, 2.45) is 0 Å². The van der Waals surface area contributed by atoms with Gasteiger partial charge in [0, 0.05) is 18.2 Å². The third kappa shape index (κ3) is 4.32. The first-order valence-corrected chi connectivity index (χ1v) is 8.85. The Morgan fingerprint density at radius 3 is 2.48 bits per heavy atom. The van der Waals surface area contributed by atoms with Crippen LogP contribution in [0.3, 0.4) is 0 Å². The van der Waals surface area contributed by atoms with Crippen LogP contribution in [0.4, 0.5) is 19.0 Å². The molecule has 2 heterocycles. The lowest BCUT2D eigenvalue weighted by Crippen LogP contribution is -2.40. The van der Waals surface area contributed by atoms with Crippen LogP contribution in [0.2, 0.25) is 0 Å². The van der Waals surface area contributed by atoms with Crippen LogP contribution in [0.15, 0.2) is 18.2 Å². The quantitative estimate of drug-likeness (QED) is 0.843. The summed E-state index contributed by atoms with van der Waals surface area (Å²) in [6, 6.07) is 3.75. The SMILES string of the molecule is Cc1cc(-c2c(C)cc(C(F)(F)F)cc2O)nnc1N[C@@H]1CCCN(C)C1. The number of aromatic nitrogens is 2. The van der Waals surface area contributed by atoms with E-state index in [4.69, 9.17) is 0 Å². The predicted octanol–water partition coefficient (Wildman–Crippen LogP) is 3.99. The van der Waals surface area contributed by atoms with Crippen molar-refractivity contribution in [3.8, 4) is 17.0 Å². The van der Waals surface area contributed by atoms with Gasteiger partial charge in [0.05, 0.1) is 11.3 Å². The average molecular weight is 380 g/mol. The van der Waals surface area contributed by atoms with E-state index in [1.54, 1.807) is 6.07 Å². The Morgan fingerprint density at radius 1 is 1.15 bits per heavy atom. The number of nitrogens with zero attached hydrogens (tertiary/aromatic N) is 3. The van der Waals surface area contributed by atoms with E-state index in [9.17, 15) is 18.3 Å². The Hall–Kier alpha value is -2.35. The van der Waals surface area contributed by atoms with Crippen molar-refractivity contribution in [1.82, 2.24) is 15.1 Å². The number of phenols is 1. The van der Waals surface area contributed by atoms with Gasteiger partial charge in [-0.15, -0.1) is 10.2 Å². The lowest BCUT2D eigenvalue weighted by atomic mass is 10.00. The largest absolute Gasteiger partial charge is 0.507 e. The van der Waals surface area contributed by atoms with Gasteiger partial charge in [-0.05, 0) is 69.6 Å². The summed E-state index contributed by atoms with van der Waals surface area (Å²) in [5, 5.41) is 21.9. The highest BCUT2D eigenvalue weighted by atomic mass is 19.4. The smallest absolute Gasteiger partial charge is 0.416 e. The average Bonchev–Trinajstić information content (AvgIpc) is 2.56. The summed E-state index contributed by atoms with van der Waals surface area (Å²) in [5.41, 5.74) is 0.855. The van der Waals surface area contributed by atoms with Gasteiger partial charge in [0.1, 0.15) is 5.75 Å². The van der Waals surface area contributed by atoms with Gasteiger partial charge in [0.2, 0.25) is 0 Å². The number of aromatic hydroxyl groups is 1. The summed E-state index contributed by atoms with van der Waals surface area (Å²) in [5.74, 6) is 0.203. The zero-order valence-corrected chi connectivity index (χ0v) is 15.6. The number of phenolic OH excluding ortho intramolecular Hbond substituents is 1. The maximum atomic E-state index is 12.9. The number of benzene rings is 1. The van der Waals surface area contributed by atoms with E-state index in [1.807, 2.05) is 6.92 Å². The molecule has 0 spiro atoms. The Bertz CT molecular complexity index is 815. The number of alkyl halides is 3. The first kappa shape index (κ1) is 19.4. The molecule has 1 atom stereocenters. The lowest BCUT2D eigenvalue weighted by molar-refractivity contribution is -0.137. The van der Waals surface area contributed by atoms with Crippen LogP contribution in [0.1, 0.15) is 29.5 Å². The zero-order valence-electron chi connectivity index (χ0n) is 15.6. The summed E-state index contributed by atoms with van der Waals surface area (Å²) in [4.78, 5) is 2.25. The Morgan fingerprint density at radius 2 is 1.89 bits per heavy atom. The number of likely N-dealkylation sites (tertiary alicyclic amines) is 1.